The highest BCUT2D eigenvalue weighted by atomic mass is 16.5. The summed E-state index contributed by atoms with van der Waals surface area (Å²) in [5.74, 6) is 0.246. The lowest BCUT2D eigenvalue weighted by Gasteiger charge is -2.04. The Bertz CT molecular complexity index is 402. The van der Waals surface area contributed by atoms with Gasteiger partial charge in [-0.2, -0.15) is 0 Å². The lowest BCUT2D eigenvalue weighted by Crippen LogP contribution is -1.97. The first-order chi connectivity index (χ1) is 15.7. The fraction of sp³-hybridized carbons (Fsp3) is 0.900. The van der Waals surface area contributed by atoms with Gasteiger partial charge in [0.05, 0.1) is 0 Å². The number of hydrogen-bond acceptors (Lipinski definition) is 2. The van der Waals surface area contributed by atoms with Crippen LogP contribution in [-0.4, -0.2) is 19.5 Å². The predicted octanol–water partition coefficient (Wildman–Crippen LogP) is 10.1. The molecule has 0 aromatic rings. The molecular weight excluding hydrogens is 392 g/mol. The third-order valence-electron chi connectivity index (χ3n) is 6.73. The maximum Gasteiger partial charge on any atom is 0.157 e. The van der Waals surface area contributed by atoms with Gasteiger partial charge in [-0.1, -0.05) is 141 Å². The Morgan fingerprint density at radius 1 is 0.500 bits per heavy atom. The number of methoxy groups -OCH3 is 1. The zero-order chi connectivity index (χ0) is 23.5. The molecule has 0 unspecified atom stereocenters. The van der Waals surface area contributed by atoms with E-state index in [4.69, 9.17) is 4.74 Å². The van der Waals surface area contributed by atoms with E-state index in [1.165, 1.54) is 141 Å². The van der Waals surface area contributed by atoms with Gasteiger partial charge < -0.3 is 4.74 Å². The minimum Gasteiger partial charge on any atom is -0.385 e. The molecule has 0 saturated carbocycles. The van der Waals surface area contributed by atoms with Crippen molar-refractivity contribution in [2.75, 3.05) is 13.7 Å². The highest BCUT2D eigenvalue weighted by molar-refractivity contribution is 5.93. The third-order valence-corrected chi connectivity index (χ3v) is 6.73. The van der Waals surface area contributed by atoms with Gasteiger partial charge in [0.25, 0.3) is 0 Å². The maximum absolute atomic E-state index is 11.5. The van der Waals surface area contributed by atoms with Crippen LogP contribution in [-0.2, 0) is 9.53 Å². The van der Waals surface area contributed by atoms with E-state index >= 15 is 0 Å². The Kier molecular flexibility index (Phi) is 26.1. The number of allylic oxidation sites excluding steroid dienone is 1. The smallest absolute Gasteiger partial charge is 0.157 e. The van der Waals surface area contributed by atoms with Crippen molar-refractivity contribution < 1.29 is 9.53 Å². The Labute approximate surface area is 202 Å². The van der Waals surface area contributed by atoms with Gasteiger partial charge in [0.2, 0.25) is 0 Å². The van der Waals surface area contributed by atoms with E-state index in [-0.39, 0.29) is 5.78 Å². The van der Waals surface area contributed by atoms with Crippen molar-refractivity contribution in [1.82, 2.24) is 0 Å². The standard InChI is InChI=1S/C30H58O2/c1-29(2)30(31)27-25-23-21-19-17-15-13-11-9-7-5-4-6-8-10-12-14-16-18-20-22-24-26-28-32-3/h1,4-28H2,2-3H3. The molecular formula is C30H58O2. The predicted molar refractivity (Wildman–Crippen MR) is 143 cm³/mol. The summed E-state index contributed by atoms with van der Waals surface area (Å²) in [6, 6.07) is 0. The topological polar surface area (TPSA) is 26.3 Å². The first-order valence-electron chi connectivity index (χ1n) is 14.4. The van der Waals surface area contributed by atoms with Gasteiger partial charge >= 0.3 is 0 Å². The fourth-order valence-electron chi connectivity index (χ4n) is 4.46. The van der Waals surface area contributed by atoms with E-state index in [1.807, 2.05) is 6.92 Å². The van der Waals surface area contributed by atoms with Crippen LogP contribution in [0.5, 0.6) is 0 Å². The third kappa shape index (κ3) is 25.6. The number of carbonyl (C=O) groups is 1. The molecule has 32 heavy (non-hydrogen) atoms. The Balaban J connectivity index is 3.05. The van der Waals surface area contributed by atoms with Gasteiger partial charge in [-0.25, -0.2) is 0 Å². The number of ketones is 1. The van der Waals surface area contributed by atoms with Crippen LogP contribution in [0.4, 0.5) is 0 Å². The van der Waals surface area contributed by atoms with Crippen molar-refractivity contribution in [2.24, 2.45) is 0 Å². The van der Waals surface area contributed by atoms with Gasteiger partial charge in [0, 0.05) is 20.1 Å². The van der Waals surface area contributed by atoms with E-state index in [2.05, 4.69) is 6.58 Å². The minimum atomic E-state index is 0.246. The molecule has 0 amide bonds. The number of unbranched alkanes of at least 4 members (excludes halogenated alkanes) is 22. The fourth-order valence-corrected chi connectivity index (χ4v) is 4.46. The van der Waals surface area contributed by atoms with Crippen LogP contribution < -0.4 is 0 Å². The van der Waals surface area contributed by atoms with E-state index in [9.17, 15) is 4.79 Å². The Morgan fingerprint density at radius 3 is 1.00 bits per heavy atom. The summed E-state index contributed by atoms with van der Waals surface area (Å²) in [7, 11) is 1.80. The second kappa shape index (κ2) is 26.6. The summed E-state index contributed by atoms with van der Waals surface area (Å²) in [5, 5.41) is 0. The van der Waals surface area contributed by atoms with Crippen LogP contribution in [0.15, 0.2) is 12.2 Å². The quantitative estimate of drug-likeness (QED) is 0.0918. The number of rotatable bonds is 27. The summed E-state index contributed by atoms with van der Waals surface area (Å²) in [6.45, 7) is 6.47. The minimum absolute atomic E-state index is 0.246. The second-order valence-electron chi connectivity index (χ2n) is 10.1. The molecule has 0 aromatic heterocycles. The zero-order valence-electron chi connectivity index (χ0n) is 22.2. The molecule has 2 heteroatoms. The summed E-state index contributed by atoms with van der Waals surface area (Å²) in [4.78, 5) is 11.5. The first-order valence-corrected chi connectivity index (χ1v) is 14.4. The normalized spacial score (nSPS) is 11.2. The number of hydrogen-bond donors (Lipinski definition) is 0. The van der Waals surface area contributed by atoms with Crippen LogP contribution in [0.3, 0.4) is 0 Å². The zero-order valence-corrected chi connectivity index (χ0v) is 22.2. The number of Topliss-reactive ketones (excluding diaryl/α,β-unsaturated/α-hetero) is 1. The molecule has 2 nitrogen and oxygen atoms in total. The van der Waals surface area contributed by atoms with Gasteiger partial charge in [-0.3, -0.25) is 4.79 Å². The van der Waals surface area contributed by atoms with Crippen molar-refractivity contribution in [3.63, 3.8) is 0 Å². The summed E-state index contributed by atoms with van der Waals surface area (Å²) in [6.07, 6.45) is 32.5. The lowest BCUT2D eigenvalue weighted by atomic mass is 10.0. The second-order valence-corrected chi connectivity index (χ2v) is 10.1. The Morgan fingerprint density at radius 2 is 0.750 bits per heavy atom. The Hall–Kier alpha value is -0.630. The van der Waals surface area contributed by atoms with E-state index < -0.39 is 0 Å². The molecule has 0 rings (SSSR count). The molecule has 0 aliphatic carbocycles. The van der Waals surface area contributed by atoms with Gasteiger partial charge in [0.1, 0.15) is 0 Å². The first kappa shape index (κ1) is 31.4. The van der Waals surface area contributed by atoms with Gasteiger partial charge in [-0.15, -0.1) is 0 Å². The summed E-state index contributed by atoms with van der Waals surface area (Å²) in [5.41, 5.74) is 0.714. The van der Waals surface area contributed by atoms with Crippen molar-refractivity contribution in [1.29, 1.82) is 0 Å². The van der Waals surface area contributed by atoms with Crippen molar-refractivity contribution >= 4 is 5.78 Å². The van der Waals surface area contributed by atoms with Crippen LogP contribution >= 0.6 is 0 Å². The van der Waals surface area contributed by atoms with Crippen LogP contribution in [0.1, 0.15) is 161 Å². The molecule has 0 aromatic carbocycles. The van der Waals surface area contributed by atoms with E-state index in [0.29, 0.717) is 12.0 Å². The molecule has 0 radical (unpaired) electrons. The lowest BCUT2D eigenvalue weighted by molar-refractivity contribution is -0.115. The molecule has 0 N–H and O–H groups in total. The number of carbonyl (C=O) groups excluding carboxylic acids is 1. The largest absolute Gasteiger partial charge is 0.385 e. The molecule has 0 heterocycles. The summed E-state index contributed by atoms with van der Waals surface area (Å²) < 4.78 is 5.09. The van der Waals surface area contributed by atoms with Crippen LogP contribution in [0, 0.1) is 0 Å². The van der Waals surface area contributed by atoms with Crippen molar-refractivity contribution in [3.8, 4) is 0 Å². The molecule has 190 valence electrons. The molecule has 0 spiro atoms. The van der Waals surface area contributed by atoms with Crippen LogP contribution in [0.25, 0.3) is 0 Å². The van der Waals surface area contributed by atoms with Crippen molar-refractivity contribution in [3.05, 3.63) is 12.2 Å². The average molecular weight is 451 g/mol. The molecule has 0 aliphatic rings. The molecule has 0 aliphatic heterocycles. The molecule has 0 atom stereocenters. The highest BCUT2D eigenvalue weighted by Crippen LogP contribution is 2.15. The van der Waals surface area contributed by atoms with Gasteiger partial charge in [-0.05, 0) is 25.3 Å². The van der Waals surface area contributed by atoms with Crippen LogP contribution in [0.2, 0.25) is 0 Å². The molecule has 0 saturated heterocycles. The summed E-state index contributed by atoms with van der Waals surface area (Å²) >= 11 is 0. The van der Waals surface area contributed by atoms with E-state index in [0.717, 1.165) is 13.0 Å². The number of ether oxygens (including phenoxy) is 1. The molecule has 0 bridgehead atoms. The van der Waals surface area contributed by atoms with E-state index in [1.54, 1.807) is 7.11 Å². The SMILES string of the molecule is C=C(C)C(=O)CCCCCCCCCCCCCCCCCCCCCCCCCOC. The average Bonchev–Trinajstić information content (AvgIpc) is 2.78. The van der Waals surface area contributed by atoms with Gasteiger partial charge in [0.15, 0.2) is 5.78 Å². The highest BCUT2D eigenvalue weighted by Gasteiger charge is 2.01. The van der Waals surface area contributed by atoms with Crippen molar-refractivity contribution in [2.45, 2.75) is 161 Å². The monoisotopic (exact) mass is 450 g/mol. The molecule has 0 fully saturated rings. The maximum atomic E-state index is 11.5.